The van der Waals surface area contributed by atoms with Gasteiger partial charge in [-0.15, -0.1) is 0 Å². The van der Waals surface area contributed by atoms with Gasteiger partial charge in [0, 0.05) is 36.8 Å². The maximum Gasteiger partial charge on any atom is 0.243 e. The molecule has 14 heteroatoms. The fourth-order valence-electron chi connectivity index (χ4n) is 14.0. The van der Waals surface area contributed by atoms with Gasteiger partial charge in [0.05, 0.1) is 30.5 Å². The summed E-state index contributed by atoms with van der Waals surface area (Å²) in [4.78, 5) is 33.7. The number of carbonyl (C=O) groups excluding carboxylic acids is 2. The molecule has 4 aliphatic rings. The molecule has 0 radical (unpaired) electrons. The summed E-state index contributed by atoms with van der Waals surface area (Å²) in [5.41, 5.74) is 25.8. The molecule has 1 spiro atoms. The summed E-state index contributed by atoms with van der Waals surface area (Å²) in [7, 11) is 0. The Balaban J connectivity index is 1.11. The lowest BCUT2D eigenvalue weighted by molar-refractivity contribution is -0.168. The van der Waals surface area contributed by atoms with Gasteiger partial charge in [0.2, 0.25) is 5.91 Å². The molecule has 0 aromatic heterocycles. The van der Waals surface area contributed by atoms with Crippen molar-refractivity contribution in [2.24, 2.45) is 45.4 Å². The Hall–Kier alpha value is -6.49. The summed E-state index contributed by atoms with van der Waals surface area (Å²) in [6.45, 7) is 9.85. The highest BCUT2D eigenvalue weighted by atomic mass is 16.3. The van der Waals surface area contributed by atoms with Crippen LogP contribution in [0.25, 0.3) is 0 Å². The predicted molar refractivity (Wildman–Crippen MR) is 324 cm³/mol. The second-order valence-corrected chi connectivity index (χ2v) is 24.0. The van der Waals surface area contributed by atoms with E-state index in [9.17, 15) is 35.4 Å². The number of nitrogens with one attached hydrogen (secondary N) is 2. The van der Waals surface area contributed by atoms with Crippen LogP contribution >= 0.6 is 0 Å². The van der Waals surface area contributed by atoms with Crippen molar-refractivity contribution in [1.82, 2.24) is 10.6 Å². The highest BCUT2D eigenvalue weighted by Gasteiger charge is 2.64. The van der Waals surface area contributed by atoms with Crippen LogP contribution in [0.1, 0.15) is 142 Å². The lowest BCUT2D eigenvalue weighted by atomic mass is 9.52. The number of rotatable bonds is 15. The lowest BCUT2D eigenvalue weighted by Gasteiger charge is -2.56. The first-order valence-electron chi connectivity index (χ1n) is 29.5. The minimum Gasteiger partial charge on any atom is -0.508 e. The largest absolute Gasteiger partial charge is 0.508 e. The molecule has 82 heavy (non-hydrogen) atoms. The number of aliphatic imine (C=N–C) groups is 1. The number of Topliss-reactive ketones (excluding diaryl/α,β-unsaturated/α-hetero) is 1. The number of β-amino-alcohol motifs (C(OH)–C–C–N with tert-alkyl or cyclic N) is 1. The van der Waals surface area contributed by atoms with Gasteiger partial charge in [-0.3, -0.25) is 19.9 Å². The van der Waals surface area contributed by atoms with Gasteiger partial charge < -0.3 is 53.2 Å². The highest BCUT2D eigenvalue weighted by molar-refractivity contribution is 5.98. The minimum absolute atomic E-state index is 0.0581. The molecule has 2 bridgehead atoms. The SMILES string of the molecule is C=C(C=CC=C(CO)C1CCC2(C3CCC(O)Cc4cccc(c4)CC(C(CN=C(N)N)c4ccc(O)cc4)C(O)CNC4C(=O)NC(N)c5cccc(c54)CC(=O)C(C)=C3CCC2(C)O)C1O)CCC=C(C)CCCc1ccccc1. The Bertz CT molecular complexity index is 3030. The molecule has 2 heterocycles. The number of fused-ring (bicyclic) bond motifs is 4. The number of nitrogens with two attached hydrogens (primary N) is 3. The summed E-state index contributed by atoms with van der Waals surface area (Å²) in [5, 5.41) is 77.8. The first kappa shape index (κ1) is 61.6. The van der Waals surface area contributed by atoms with Crippen molar-refractivity contribution in [3.63, 3.8) is 0 Å². The van der Waals surface area contributed by atoms with Gasteiger partial charge in [-0.2, -0.15) is 0 Å². The standard InChI is InChI=1S/C68H88N6O8/c1-42(15-9-19-45-17-6-5-7-18-45)13-8-14-43(2)16-10-23-50(41-75)54-32-34-68(63(54)80)58-30-29-52(77)36-46-20-11-21-47(35-46)37-56(57(39-73-66(70)71)48-25-27-51(76)28-26-48)60(79)40-72-62-61-49(22-12-24-55(61)64(69)74-65(62)81)38-59(78)44(3)53(58)31-33-67(68,4)82/h5-7,10-13,16-18,20-28,35,52,54,56-58,60,62-64,72,75-77,79-80,82H,2,8-9,14-15,19,29-34,36-41,69H2,1,3-4H3,(H,74,81)(H4,70,71,73). The van der Waals surface area contributed by atoms with Crippen LogP contribution in [0.3, 0.4) is 0 Å². The second-order valence-electron chi connectivity index (χ2n) is 24.0. The van der Waals surface area contributed by atoms with Crippen LogP contribution in [0.5, 0.6) is 5.75 Å². The average molecular weight is 1120 g/mol. The summed E-state index contributed by atoms with van der Waals surface area (Å²) in [6, 6.07) is 29.6. The van der Waals surface area contributed by atoms with Crippen molar-refractivity contribution in [1.29, 1.82) is 0 Å². The van der Waals surface area contributed by atoms with E-state index in [0.717, 1.165) is 59.9 Å². The van der Waals surface area contributed by atoms with Gasteiger partial charge >= 0.3 is 0 Å². The van der Waals surface area contributed by atoms with E-state index >= 15 is 4.79 Å². The van der Waals surface area contributed by atoms with Crippen molar-refractivity contribution < 1.29 is 40.2 Å². The fraction of sp³-hybridized carbons (Fsp3) is 0.456. The maximum absolute atomic E-state index is 15.1. The monoisotopic (exact) mass is 1120 g/mol. The molecule has 14 nitrogen and oxygen atoms in total. The van der Waals surface area contributed by atoms with E-state index < -0.39 is 71.1 Å². The van der Waals surface area contributed by atoms with Gasteiger partial charge in [-0.25, -0.2) is 0 Å². The first-order valence-corrected chi connectivity index (χ1v) is 29.5. The van der Waals surface area contributed by atoms with E-state index in [-0.39, 0.29) is 56.5 Å². The number of carbonyl (C=O) groups is 2. The van der Waals surface area contributed by atoms with Crippen LogP contribution in [0.2, 0.25) is 0 Å². The third-order valence-electron chi connectivity index (χ3n) is 18.6. The van der Waals surface area contributed by atoms with Crippen molar-refractivity contribution in [3.8, 4) is 5.75 Å². The number of aromatic hydroxyl groups is 1. The van der Waals surface area contributed by atoms with E-state index in [1.807, 2.05) is 73.7 Å². The number of allylic oxidation sites excluding steroid dienone is 8. The number of amides is 1. The second kappa shape index (κ2) is 27.7. The molecule has 4 aromatic rings. The molecule has 14 N–H and O–H groups in total. The van der Waals surface area contributed by atoms with Crippen molar-refractivity contribution in [2.45, 2.75) is 153 Å². The molecule has 2 fully saturated rings. The summed E-state index contributed by atoms with van der Waals surface area (Å²) >= 11 is 0. The predicted octanol–water partition coefficient (Wildman–Crippen LogP) is 8.21. The average Bonchev–Trinajstić information content (AvgIpc) is 1.83. The first-order chi connectivity index (χ1) is 39.3. The summed E-state index contributed by atoms with van der Waals surface area (Å²) < 4.78 is 0. The van der Waals surface area contributed by atoms with Crippen LogP contribution in [-0.4, -0.2) is 91.9 Å². The molecule has 438 valence electrons. The lowest BCUT2D eigenvalue weighted by Crippen LogP contribution is -2.59. The van der Waals surface area contributed by atoms with Crippen LogP contribution in [0, 0.1) is 23.2 Å². The number of nitrogens with zero attached hydrogens (tertiary/aromatic N) is 1. The van der Waals surface area contributed by atoms with Gasteiger partial charge in [-0.05, 0) is 178 Å². The summed E-state index contributed by atoms with van der Waals surface area (Å²) in [6.07, 6.45) is 11.7. The zero-order chi connectivity index (χ0) is 58.7. The summed E-state index contributed by atoms with van der Waals surface area (Å²) in [5.74, 6) is -2.70. The normalized spacial score (nSPS) is 28.1. The van der Waals surface area contributed by atoms with E-state index in [2.05, 4.69) is 59.5 Å². The third kappa shape index (κ3) is 14.5. The number of aryl methyl sites for hydroxylation is 1. The smallest absolute Gasteiger partial charge is 0.243 e. The molecule has 1 amide bonds. The number of phenolic OH excluding ortho intramolecular Hbond substituents is 1. The Morgan fingerprint density at radius 1 is 0.915 bits per heavy atom. The van der Waals surface area contributed by atoms with Gasteiger partial charge in [0.15, 0.2) is 11.7 Å². The number of ketones is 1. The Labute approximate surface area is 484 Å². The topological polar surface area (TPSA) is 270 Å². The molecule has 11 unspecified atom stereocenters. The molecular formula is C68H88N6O8. The van der Waals surface area contributed by atoms with Crippen molar-refractivity contribution in [3.05, 3.63) is 195 Å². The van der Waals surface area contributed by atoms with E-state index in [1.165, 1.54) is 11.1 Å². The van der Waals surface area contributed by atoms with Crippen LogP contribution in [-0.2, 0) is 35.3 Å². The van der Waals surface area contributed by atoms with Gasteiger partial charge in [0.1, 0.15) is 18.0 Å². The van der Waals surface area contributed by atoms with Gasteiger partial charge in [0.25, 0.3) is 0 Å². The molecule has 0 saturated heterocycles. The number of aliphatic hydroxyl groups is 5. The quantitative estimate of drug-likeness (QED) is 0.0233. The molecule has 11 atom stereocenters. The molecule has 4 aromatic carbocycles. The zero-order valence-electron chi connectivity index (χ0n) is 48.2. The maximum atomic E-state index is 15.1. The third-order valence-corrected chi connectivity index (χ3v) is 18.6. The van der Waals surface area contributed by atoms with Crippen molar-refractivity contribution >= 4 is 17.6 Å². The molecule has 8 rings (SSSR count). The minimum atomic E-state index is -1.38. The molecule has 2 aliphatic carbocycles. The van der Waals surface area contributed by atoms with Crippen LogP contribution in [0.15, 0.2) is 161 Å². The molecule has 2 saturated carbocycles. The Morgan fingerprint density at radius 3 is 2.38 bits per heavy atom. The van der Waals surface area contributed by atoms with E-state index in [4.69, 9.17) is 17.2 Å². The van der Waals surface area contributed by atoms with Gasteiger partial charge in [-0.1, -0.05) is 133 Å². The van der Waals surface area contributed by atoms with E-state index in [0.29, 0.717) is 66.4 Å². The molecular weight excluding hydrogens is 1030 g/mol. The highest BCUT2D eigenvalue weighted by Crippen LogP contribution is 2.63. The number of benzene rings is 4. The Morgan fingerprint density at radius 2 is 1.65 bits per heavy atom. The van der Waals surface area contributed by atoms with Crippen LogP contribution < -0.4 is 27.8 Å². The zero-order valence-corrected chi connectivity index (χ0v) is 48.2. The number of aliphatic hydroxyl groups excluding tert-OH is 4. The Kier molecular flexibility index (Phi) is 20.8. The number of guanidine groups is 1. The number of hydrogen-bond acceptors (Lipinski definition) is 11. The molecule has 2 aliphatic heterocycles. The van der Waals surface area contributed by atoms with Crippen LogP contribution in [0.4, 0.5) is 0 Å². The van der Waals surface area contributed by atoms with E-state index in [1.54, 1.807) is 31.2 Å². The number of phenols is 1. The van der Waals surface area contributed by atoms with Crippen molar-refractivity contribution in [2.75, 3.05) is 19.7 Å². The number of hydrogen-bond donors (Lipinski definition) is 11. The fourth-order valence-corrected chi connectivity index (χ4v) is 14.0.